The minimum atomic E-state index is -0.810. The normalized spacial score (nSPS) is 14.4. The summed E-state index contributed by atoms with van der Waals surface area (Å²) in [4.78, 5) is 6.35. The Morgan fingerprint density at radius 3 is 2.44 bits per heavy atom. The van der Waals surface area contributed by atoms with Crippen LogP contribution in [-0.4, -0.2) is 52.8 Å². The van der Waals surface area contributed by atoms with Gasteiger partial charge in [-0.05, 0) is 27.2 Å². The van der Waals surface area contributed by atoms with Crippen LogP contribution in [0.1, 0.15) is 40.5 Å². The summed E-state index contributed by atoms with van der Waals surface area (Å²) in [6.45, 7) is 9.89. The Kier molecular flexibility index (Phi) is 8.24. The van der Waals surface area contributed by atoms with E-state index in [0.717, 1.165) is 18.9 Å². The molecule has 0 heterocycles. The van der Waals surface area contributed by atoms with Crippen LogP contribution in [0.3, 0.4) is 0 Å². The Bertz CT molecular complexity index is 284. The van der Waals surface area contributed by atoms with Crippen molar-refractivity contribution < 1.29 is 4.21 Å². The number of hydrogen-bond donors (Lipinski definition) is 1. The zero-order valence-corrected chi connectivity index (χ0v) is 13.6. The largest absolute Gasteiger partial charge is 0.355 e. The highest BCUT2D eigenvalue weighted by Crippen LogP contribution is 2.10. The lowest BCUT2D eigenvalue weighted by atomic mass is 10.3. The molecule has 4 nitrogen and oxygen atoms in total. The van der Waals surface area contributed by atoms with Gasteiger partial charge >= 0.3 is 0 Å². The lowest BCUT2D eigenvalue weighted by Gasteiger charge is -2.23. The molecular formula is C13H29N3OS. The summed E-state index contributed by atoms with van der Waals surface area (Å²) in [5.41, 5.74) is 0. The lowest BCUT2D eigenvalue weighted by molar-refractivity contribution is 0.466. The number of unbranched alkanes of at least 4 members (excludes halogenated alkanes) is 1. The Morgan fingerprint density at radius 2 is 2.00 bits per heavy atom. The van der Waals surface area contributed by atoms with Gasteiger partial charge in [0.25, 0.3) is 0 Å². The minimum absolute atomic E-state index is 0.140. The third-order valence-corrected chi connectivity index (χ3v) is 4.61. The van der Waals surface area contributed by atoms with Gasteiger partial charge in [-0.25, -0.2) is 0 Å². The van der Waals surface area contributed by atoms with E-state index in [2.05, 4.69) is 22.1 Å². The molecule has 0 radical (unpaired) electrons. The molecule has 108 valence electrons. The van der Waals surface area contributed by atoms with Crippen LogP contribution in [0.2, 0.25) is 0 Å². The van der Waals surface area contributed by atoms with Gasteiger partial charge in [0.05, 0.1) is 0 Å². The van der Waals surface area contributed by atoms with Gasteiger partial charge in [-0.15, -0.1) is 0 Å². The van der Waals surface area contributed by atoms with E-state index in [4.69, 9.17) is 0 Å². The second-order valence-electron chi connectivity index (χ2n) is 5.41. The molecule has 0 aromatic rings. The number of rotatable bonds is 6. The van der Waals surface area contributed by atoms with Crippen LogP contribution >= 0.6 is 0 Å². The van der Waals surface area contributed by atoms with Gasteiger partial charge < -0.3 is 10.2 Å². The predicted molar refractivity (Wildman–Crippen MR) is 81.7 cm³/mol. The summed E-state index contributed by atoms with van der Waals surface area (Å²) < 4.78 is 11.8. The van der Waals surface area contributed by atoms with Crippen molar-refractivity contribution in [1.29, 1.82) is 0 Å². The average Bonchev–Trinajstić information content (AvgIpc) is 2.30. The highest BCUT2D eigenvalue weighted by molar-refractivity contribution is 7.86. The third-order valence-electron chi connectivity index (χ3n) is 2.67. The van der Waals surface area contributed by atoms with Crippen LogP contribution < -0.4 is 5.32 Å². The monoisotopic (exact) mass is 275 g/mol. The predicted octanol–water partition coefficient (Wildman–Crippen LogP) is 1.84. The quantitative estimate of drug-likeness (QED) is 0.594. The van der Waals surface area contributed by atoms with E-state index in [1.165, 1.54) is 6.42 Å². The number of nitrogens with one attached hydrogen (secondary N) is 1. The molecular weight excluding hydrogens is 246 g/mol. The number of guanidine groups is 1. The van der Waals surface area contributed by atoms with E-state index in [1.807, 2.05) is 27.8 Å². The Morgan fingerprint density at radius 1 is 1.39 bits per heavy atom. The molecule has 1 atom stereocenters. The van der Waals surface area contributed by atoms with Gasteiger partial charge in [-0.2, -0.15) is 0 Å². The van der Waals surface area contributed by atoms with Crippen LogP contribution in [0.15, 0.2) is 4.99 Å². The zero-order chi connectivity index (χ0) is 14.2. The second-order valence-corrected chi connectivity index (χ2v) is 7.74. The van der Waals surface area contributed by atoms with E-state index in [-0.39, 0.29) is 4.75 Å². The van der Waals surface area contributed by atoms with Crippen molar-refractivity contribution >= 4 is 16.8 Å². The maximum absolute atomic E-state index is 11.9. The van der Waals surface area contributed by atoms with Crippen molar-refractivity contribution in [3.63, 3.8) is 0 Å². The molecule has 1 unspecified atom stereocenters. The molecule has 0 aliphatic heterocycles. The zero-order valence-electron chi connectivity index (χ0n) is 12.7. The summed E-state index contributed by atoms with van der Waals surface area (Å²) in [5, 5.41) is 3.26. The van der Waals surface area contributed by atoms with Crippen LogP contribution in [0.25, 0.3) is 0 Å². The molecule has 0 aromatic heterocycles. The van der Waals surface area contributed by atoms with Crippen LogP contribution in [-0.2, 0) is 10.8 Å². The lowest BCUT2D eigenvalue weighted by Crippen LogP contribution is -2.41. The fourth-order valence-corrected chi connectivity index (χ4v) is 2.35. The maximum Gasteiger partial charge on any atom is 0.193 e. The van der Waals surface area contributed by atoms with Gasteiger partial charge in [0.15, 0.2) is 5.96 Å². The number of nitrogens with zero attached hydrogens (tertiary/aromatic N) is 2. The first-order valence-electron chi connectivity index (χ1n) is 6.63. The summed E-state index contributed by atoms with van der Waals surface area (Å²) in [6, 6.07) is 0. The molecule has 0 saturated heterocycles. The smallest absolute Gasteiger partial charge is 0.193 e. The van der Waals surface area contributed by atoms with Crippen molar-refractivity contribution in [3.05, 3.63) is 0 Å². The van der Waals surface area contributed by atoms with Gasteiger partial charge in [0.2, 0.25) is 0 Å². The van der Waals surface area contributed by atoms with Crippen LogP contribution in [0.5, 0.6) is 0 Å². The Balaban J connectivity index is 4.06. The molecule has 0 amide bonds. The second kappa shape index (κ2) is 8.51. The molecule has 0 aliphatic rings. The summed E-state index contributed by atoms with van der Waals surface area (Å²) >= 11 is 0. The molecule has 0 spiro atoms. The molecule has 0 saturated carbocycles. The fraction of sp³-hybridized carbons (Fsp3) is 0.923. The molecule has 0 bridgehead atoms. The van der Waals surface area contributed by atoms with Gasteiger partial charge in [0.1, 0.15) is 0 Å². The molecule has 18 heavy (non-hydrogen) atoms. The summed E-state index contributed by atoms with van der Waals surface area (Å²) in [7, 11) is 3.01. The number of hydrogen-bond acceptors (Lipinski definition) is 2. The first-order valence-corrected chi connectivity index (χ1v) is 7.95. The first-order chi connectivity index (χ1) is 8.32. The fourth-order valence-electron chi connectivity index (χ4n) is 1.45. The molecule has 0 rings (SSSR count). The Hall–Kier alpha value is -0.580. The average molecular weight is 275 g/mol. The number of aliphatic imine (C=N–C) groups is 1. The highest BCUT2D eigenvalue weighted by atomic mass is 32.2. The SMILES string of the molecule is CCCCN(C)C(=NC)NCCS(=O)C(C)(C)C. The summed E-state index contributed by atoms with van der Waals surface area (Å²) in [6.07, 6.45) is 2.33. The van der Waals surface area contributed by atoms with Crippen molar-refractivity contribution in [3.8, 4) is 0 Å². The van der Waals surface area contributed by atoms with E-state index >= 15 is 0 Å². The maximum atomic E-state index is 11.9. The van der Waals surface area contributed by atoms with E-state index in [0.29, 0.717) is 12.3 Å². The van der Waals surface area contributed by atoms with Crippen molar-refractivity contribution in [2.75, 3.05) is 32.9 Å². The minimum Gasteiger partial charge on any atom is -0.355 e. The molecule has 5 heteroatoms. The topological polar surface area (TPSA) is 44.7 Å². The van der Waals surface area contributed by atoms with Gasteiger partial charge in [-0.1, -0.05) is 13.3 Å². The first kappa shape index (κ1) is 17.4. The standard InChI is InChI=1S/C13H29N3OS/c1-7-8-10-16(6)12(14-5)15-9-11-18(17)13(2,3)4/h7-11H2,1-6H3,(H,14,15). The van der Waals surface area contributed by atoms with Crippen LogP contribution in [0, 0.1) is 0 Å². The molecule has 0 aromatic carbocycles. The third kappa shape index (κ3) is 6.99. The van der Waals surface area contributed by atoms with Crippen LogP contribution in [0.4, 0.5) is 0 Å². The van der Waals surface area contributed by atoms with Crippen molar-refractivity contribution in [2.45, 2.75) is 45.3 Å². The highest BCUT2D eigenvalue weighted by Gasteiger charge is 2.18. The van der Waals surface area contributed by atoms with Crippen molar-refractivity contribution in [2.24, 2.45) is 4.99 Å². The van der Waals surface area contributed by atoms with E-state index < -0.39 is 10.8 Å². The molecule has 1 N–H and O–H groups in total. The van der Waals surface area contributed by atoms with Gasteiger partial charge in [-0.3, -0.25) is 9.20 Å². The molecule has 0 aliphatic carbocycles. The summed E-state index contributed by atoms with van der Waals surface area (Å²) in [5.74, 6) is 1.54. The molecule has 0 fully saturated rings. The Labute approximate surface area is 115 Å². The van der Waals surface area contributed by atoms with E-state index in [9.17, 15) is 4.21 Å². The van der Waals surface area contributed by atoms with Crippen molar-refractivity contribution in [1.82, 2.24) is 10.2 Å². The van der Waals surface area contributed by atoms with Gasteiger partial charge in [0, 0.05) is 48.5 Å². The van der Waals surface area contributed by atoms with E-state index in [1.54, 1.807) is 7.05 Å².